The maximum atomic E-state index is 11.7. The predicted molar refractivity (Wildman–Crippen MR) is 73.8 cm³/mol. The van der Waals surface area contributed by atoms with Crippen molar-refractivity contribution in [1.82, 2.24) is 5.32 Å². The topological polar surface area (TPSA) is 64.6 Å². The van der Waals surface area contributed by atoms with Gasteiger partial charge in [-0.05, 0) is 47.0 Å². The summed E-state index contributed by atoms with van der Waals surface area (Å²) in [4.78, 5) is 23.4. The molecule has 1 N–H and O–H groups in total. The molecule has 0 spiro atoms. The Morgan fingerprint density at radius 3 is 2.47 bits per heavy atom. The van der Waals surface area contributed by atoms with Crippen LogP contribution in [0.1, 0.15) is 47.0 Å². The third kappa shape index (κ3) is 9.11. The van der Waals surface area contributed by atoms with E-state index in [1.54, 1.807) is 33.8 Å². The largest absolute Gasteiger partial charge is 0.464 e. The van der Waals surface area contributed by atoms with E-state index in [4.69, 9.17) is 9.47 Å². The molecule has 0 aliphatic carbocycles. The van der Waals surface area contributed by atoms with Gasteiger partial charge in [-0.1, -0.05) is 6.08 Å². The van der Waals surface area contributed by atoms with Gasteiger partial charge in [0.25, 0.3) is 0 Å². The number of alkyl carbamates (subject to hydrolysis) is 1. The van der Waals surface area contributed by atoms with E-state index in [9.17, 15) is 9.59 Å². The Labute approximate surface area is 115 Å². The van der Waals surface area contributed by atoms with Gasteiger partial charge in [-0.25, -0.2) is 9.59 Å². The molecule has 0 aliphatic heterocycles. The molecule has 19 heavy (non-hydrogen) atoms. The van der Waals surface area contributed by atoms with Crippen molar-refractivity contribution in [3.8, 4) is 0 Å². The van der Waals surface area contributed by atoms with Crippen LogP contribution in [0.3, 0.4) is 0 Å². The van der Waals surface area contributed by atoms with E-state index in [2.05, 4.69) is 11.9 Å². The fraction of sp³-hybridized carbons (Fsp3) is 0.714. The summed E-state index contributed by atoms with van der Waals surface area (Å²) in [5.74, 6) is -0.433. The Morgan fingerprint density at radius 2 is 2.00 bits per heavy atom. The average Bonchev–Trinajstić information content (AvgIpc) is 2.25. The Morgan fingerprint density at radius 1 is 1.37 bits per heavy atom. The van der Waals surface area contributed by atoms with Gasteiger partial charge in [0.2, 0.25) is 0 Å². The standard InChI is InChI=1S/C14H25NO4/c1-6-8-9-10-11(12(16)18-7-2)15-13(17)19-14(3,4)5/h6,11H,1,7-10H2,2-5H3,(H,15,17). The molecule has 5 heteroatoms. The molecule has 0 aromatic rings. The minimum Gasteiger partial charge on any atom is -0.464 e. The number of carbonyl (C=O) groups excluding carboxylic acids is 2. The third-order valence-corrected chi connectivity index (χ3v) is 2.16. The molecule has 0 saturated heterocycles. The van der Waals surface area contributed by atoms with Crippen molar-refractivity contribution in [2.75, 3.05) is 6.61 Å². The molecule has 1 amide bonds. The van der Waals surface area contributed by atoms with Crippen molar-refractivity contribution in [2.45, 2.75) is 58.6 Å². The minimum absolute atomic E-state index is 0.285. The highest BCUT2D eigenvalue weighted by Crippen LogP contribution is 2.09. The van der Waals surface area contributed by atoms with E-state index >= 15 is 0 Å². The number of amides is 1. The van der Waals surface area contributed by atoms with Crippen LogP contribution in [0.5, 0.6) is 0 Å². The Balaban J connectivity index is 4.43. The quantitative estimate of drug-likeness (QED) is 0.439. The van der Waals surface area contributed by atoms with Crippen LogP contribution in [-0.4, -0.2) is 30.3 Å². The molecule has 110 valence electrons. The Bertz CT molecular complexity index is 307. The molecule has 0 heterocycles. The zero-order chi connectivity index (χ0) is 14.9. The lowest BCUT2D eigenvalue weighted by Crippen LogP contribution is -2.44. The number of carbonyl (C=O) groups is 2. The minimum atomic E-state index is -0.672. The van der Waals surface area contributed by atoms with E-state index in [-0.39, 0.29) is 6.61 Å². The molecule has 1 atom stereocenters. The predicted octanol–water partition coefficient (Wildman–Crippen LogP) is 2.80. The van der Waals surface area contributed by atoms with E-state index in [0.717, 1.165) is 12.8 Å². The first-order valence-corrected chi connectivity index (χ1v) is 6.57. The molecule has 0 fully saturated rings. The number of hydrogen-bond donors (Lipinski definition) is 1. The first-order chi connectivity index (χ1) is 8.80. The fourth-order valence-corrected chi connectivity index (χ4v) is 1.41. The Hall–Kier alpha value is -1.52. The van der Waals surface area contributed by atoms with Crippen molar-refractivity contribution in [3.63, 3.8) is 0 Å². The van der Waals surface area contributed by atoms with Crippen LogP contribution in [0.15, 0.2) is 12.7 Å². The lowest BCUT2D eigenvalue weighted by atomic mass is 10.1. The third-order valence-electron chi connectivity index (χ3n) is 2.16. The summed E-state index contributed by atoms with van der Waals surface area (Å²) in [5.41, 5.74) is -0.593. The monoisotopic (exact) mass is 271 g/mol. The summed E-state index contributed by atoms with van der Waals surface area (Å²) in [7, 11) is 0. The van der Waals surface area contributed by atoms with Crippen molar-refractivity contribution in [1.29, 1.82) is 0 Å². The van der Waals surface area contributed by atoms with Crippen LogP contribution < -0.4 is 5.32 Å². The maximum Gasteiger partial charge on any atom is 0.408 e. The second-order valence-electron chi connectivity index (χ2n) is 5.17. The molecule has 0 aliphatic rings. The maximum absolute atomic E-state index is 11.7. The first-order valence-electron chi connectivity index (χ1n) is 6.57. The average molecular weight is 271 g/mol. The van der Waals surface area contributed by atoms with Crippen LogP contribution in [0, 0.1) is 0 Å². The summed E-state index contributed by atoms with van der Waals surface area (Å²) in [6, 6.07) is -0.672. The highest BCUT2D eigenvalue weighted by atomic mass is 16.6. The van der Waals surface area contributed by atoms with Crippen LogP contribution in [-0.2, 0) is 14.3 Å². The van der Waals surface area contributed by atoms with E-state index in [1.807, 2.05) is 0 Å². The molecule has 0 radical (unpaired) electrons. The molecular formula is C14H25NO4. The van der Waals surface area contributed by atoms with Gasteiger partial charge >= 0.3 is 12.1 Å². The summed E-state index contributed by atoms with van der Waals surface area (Å²) >= 11 is 0. The molecule has 0 bridgehead atoms. The van der Waals surface area contributed by atoms with Gasteiger partial charge in [0.05, 0.1) is 6.61 Å². The van der Waals surface area contributed by atoms with Crippen LogP contribution in [0.25, 0.3) is 0 Å². The van der Waals surface area contributed by atoms with Gasteiger partial charge < -0.3 is 14.8 Å². The van der Waals surface area contributed by atoms with Gasteiger partial charge in [0.15, 0.2) is 0 Å². The number of unbranched alkanes of at least 4 members (excludes halogenated alkanes) is 1. The Kier molecular flexibility index (Phi) is 7.87. The van der Waals surface area contributed by atoms with Crippen LogP contribution in [0.2, 0.25) is 0 Å². The van der Waals surface area contributed by atoms with E-state index in [1.165, 1.54) is 0 Å². The molecule has 1 unspecified atom stereocenters. The second-order valence-corrected chi connectivity index (χ2v) is 5.17. The first kappa shape index (κ1) is 17.5. The van der Waals surface area contributed by atoms with Gasteiger partial charge in [-0.15, -0.1) is 6.58 Å². The molecule has 5 nitrogen and oxygen atoms in total. The van der Waals surface area contributed by atoms with Crippen molar-refractivity contribution < 1.29 is 19.1 Å². The zero-order valence-electron chi connectivity index (χ0n) is 12.3. The summed E-state index contributed by atoms with van der Waals surface area (Å²) in [6.45, 7) is 10.9. The summed E-state index contributed by atoms with van der Waals surface area (Å²) < 4.78 is 10.1. The molecule has 0 rings (SSSR count). The lowest BCUT2D eigenvalue weighted by molar-refractivity contribution is -0.145. The van der Waals surface area contributed by atoms with E-state index < -0.39 is 23.7 Å². The van der Waals surface area contributed by atoms with Crippen molar-refractivity contribution in [2.24, 2.45) is 0 Å². The van der Waals surface area contributed by atoms with Crippen molar-refractivity contribution >= 4 is 12.1 Å². The second kappa shape index (κ2) is 8.56. The highest BCUT2D eigenvalue weighted by molar-refractivity contribution is 5.81. The number of nitrogens with one attached hydrogen (secondary N) is 1. The lowest BCUT2D eigenvalue weighted by Gasteiger charge is -2.22. The normalized spacial score (nSPS) is 12.4. The van der Waals surface area contributed by atoms with E-state index in [0.29, 0.717) is 6.42 Å². The van der Waals surface area contributed by atoms with Gasteiger partial charge in [0.1, 0.15) is 11.6 Å². The van der Waals surface area contributed by atoms with Crippen LogP contribution >= 0.6 is 0 Å². The molecular weight excluding hydrogens is 246 g/mol. The zero-order valence-corrected chi connectivity index (χ0v) is 12.3. The molecule has 0 aromatic carbocycles. The van der Waals surface area contributed by atoms with Gasteiger partial charge in [-0.2, -0.15) is 0 Å². The van der Waals surface area contributed by atoms with Crippen LogP contribution in [0.4, 0.5) is 4.79 Å². The summed E-state index contributed by atoms with van der Waals surface area (Å²) in [6.07, 6.45) is 3.21. The fourth-order valence-electron chi connectivity index (χ4n) is 1.41. The van der Waals surface area contributed by atoms with Crippen molar-refractivity contribution in [3.05, 3.63) is 12.7 Å². The highest BCUT2D eigenvalue weighted by Gasteiger charge is 2.24. The van der Waals surface area contributed by atoms with Gasteiger partial charge in [0, 0.05) is 0 Å². The smallest absolute Gasteiger partial charge is 0.408 e. The SMILES string of the molecule is C=CCCCC(NC(=O)OC(C)(C)C)C(=O)OCC. The number of rotatable bonds is 7. The summed E-state index contributed by atoms with van der Waals surface area (Å²) in [5, 5.41) is 2.55. The van der Waals surface area contributed by atoms with Gasteiger partial charge in [-0.3, -0.25) is 0 Å². The number of allylic oxidation sites excluding steroid dienone is 1. The number of hydrogen-bond acceptors (Lipinski definition) is 4. The number of ether oxygens (including phenoxy) is 2. The molecule has 0 aromatic heterocycles. The molecule has 0 saturated carbocycles. The number of esters is 1.